The molecule has 0 saturated heterocycles. The number of para-hydroxylation sites is 1. The third-order valence-electron chi connectivity index (χ3n) is 3.73. The van der Waals surface area contributed by atoms with Crippen molar-refractivity contribution in [2.45, 2.75) is 39.2 Å². The molecule has 2 rings (SSSR count). The number of aliphatic hydroxyl groups excluding tert-OH is 1. The lowest BCUT2D eigenvalue weighted by Gasteiger charge is -2.20. The Balaban J connectivity index is 2.30. The van der Waals surface area contributed by atoms with Gasteiger partial charge in [-0.15, -0.1) is 0 Å². The summed E-state index contributed by atoms with van der Waals surface area (Å²) in [4.78, 5) is 0. The average Bonchev–Trinajstić information content (AvgIpc) is 2.52. The third kappa shape index (κ3) is 3.85. The van der Waals surface area contributed by atoms with Gasteiger partial charge in [0, 0.05) is 12.5 Å². The predicted octanol–water partition coefficient (Wildman–Crippen LogP) is 4.48. The molecule has 2 heteroatoms. The van der Waals surface area contributed by atoms with E-state index >= 15 is 0 Å². The van der Waals surface area contributed by atoms with Crippen molar-refractivity contribution in [1.82, 2.24) is 0 Å². The van der Waals surface area contributed by atoms with E-state index in [-0.39, 0.29) is 12.5 Å². The second-order valence-corrected chi connectivity index (χ2v) is 5.78. The van der Waals surface area contributed by atoms with Crippen LogP contribution >= 0.6 is 0 Å². The summed E-state index contributed by atoms with van der Waals surface area (Å²) in [6.45, 7) is 7.03. The Labute approximate surface area is 127 Å². The van der Waals surface area contributed by atoms with E-state index in [1.54, 1.807) is 0 Å². The number of rotatable bonds is 6. The monoisotopic (exact) mass is 284 g/mol. The summed E-state index contributed by atoms with van der Waals surface area (Å²) in [7, 11) is 0. The summed E-state index contributed by atoms with van der Waals surface area (Å²) in [6, 6.07) is 16.4. The zero-order valence-electron chi connectivity index (χ0n) is 13.0. The minimum Gasteiger partial charge on any atom is -0.488 e. The molecule has 0 aromatic heterocycles. The molecule has 1 unspecified atom stereocenters. The highest BCUT2D eigenvalue weighted by molar-refractivity contribution is 5.45. The zero-order valence-corrected chi connectivity index (χ0v) is 13.0. The van der Waals surface area contributed by atoms with E-state index < -0.39 is 0 Å². The highest BCUT2D eigenvalue weighted by Gasteiger charge is 2.16. The maximum Gasteiger partial charge on any atom is 0.126 e. The van der Waals surface area contributed by atoms with Gasteiger partial charge in [0.25, 0.3) is 0 Å². The van der Waals surface area contributed by atoms with E-state index in [4.69, 9.17) is 4.74 Å². The molecule has 0 spiro atoms. The fourth-order valence-corrected chi connectivity index (χ4v) is 2.41. The summed E-state index contributed by atoms with van der Waals surface area (Å²) in [5, 5.41) is 9.47. The molecule has 0 heterocycles. The van der Waals surface area contributed by atoms with Crippen LogP contribution in [-0.4, -0.2) is 11.7 Å². The van der Waals surface area contributed by atoms with Crippen LogP contribution < -0.4 is 4.74 Å². The maximum absolute atomic E-state index is 9.47. The molecule has 0 aliphatic rings. The molecule has 0 saturated carbocycles. The molecule has 2 aromatic rings. The molecule has 112 valence electrons. The van der Waals surface area contributed by atoms with Gasteiger partial charge in [-0.05, 0) is 22.6 Å². The van der Waals surface area contributed by atoms with Crippen molar-refractivity contribution in [2.75, 3.05) is 6.61 Å². The van der Waals surface area contributed by atoms with Gasteiger partial charge in [0.05, 0.1) is 0 Å². The van der Waals surface area contributed by atoms with Crippen LogP contribution in [0.2, 0.25) is 0 Å². The summed E-state index contributed by atoms with van der Waals surface area (Å²) >= 11 is 0. The molecule has 0 aliphatic carbocycles. The molecule has 21 heavy (non-hydrogen) atoms. The molecule has 1 atom stereocenters. The Morgan fingerprint density at radius 1 is 0.905 bits per heavy atom. The number of benzene rings is 2. The molecule has 0 aliphatic heterocycles. The molecule has 1 N–H and O–H groups in total. The Morgan fingerprint density at radius 2 is 1.57 bits per heavy atom. The van der Waals surface area contributed by atoms with Crippen LogP contribution in [0.5, 0.6) is 5.75 Å². The van der Waals surface area contributed by atoms with Crippen molar-refractivity contribution in [3.63, 3.8) is 0 Å². The van der Waals surface area contributed by atoms with E-state index in [0.717, 1.165) is 16.9 Å². The van der Waals surface area contributed by atoms with E-state index in [2.05, 4.69) is 32.0 Å². The van der Waals surface area contributed by atoms with Crippen LogP contribution in [-0.2, 0) is 6.61 Å². The molecular formula is C19H24O2. The van der Waals surface area contributed by atoms with Gasteiger partial charge in [0.15, 0.2) is 0 Å². The average molecular weight is 284 g/mol. The summed E-state index contributed by atoms with van der Waals surface area (Å²) in [5.74, 6) is 1.40. The number of hydrogen-bond acceptors (Lipinski definition) is 2. The summed E-state index contributed by atoms with van der Waals surface area (Å²) in [6.07, 6.45) is 0. The first-order chi connectivity index (χ1) is 10.1. The minimum absolute atomic E-state index is 0.0782. The fourth-order valence-electron chi connectivity index (χ4n) is 2.41. The molecule has 0 bridgehead atoms. The van der Waals surface area contributed by atoms with Crippen molar-refractivity contribution in [3.8, 4) is 5.75 Å². The van der Waals surface area contributed by atoms with Crippen LogP contribution in [0, 0.1) is 0 Å². The lowest BCUT2D eigenvalue weighted by molar-refractivity contribution is 0.261. The van der Waals surface area contributed by atoms with Crippen LogP contribution in [0.3, 0.4) is 0 Å². The Hall–Kier alpha value is -1.80. The Morgan fingerprint density at radius 3 is 2.19 bits per heavy atom. The standard InChI is InChI=1S/C19H24O2/c1-14(2)17-10-7-11-18(15(3)12-20)19(17)21-13-16-8-5-4-6-9-16/h4-11,14-15,20H,12-13H2,1-3H3. The van der Waals surface area contributed by atoms with E-state index in [1.807, 2.05) is 37.3 Å². The predicted molar refractivity (Wildman–Crippen MR) is 86.8 cm³/mol. The van der Waals surface area contributed by atoms with E-state index in [0.29, 0.717) is 12.5 Å². The quantitative estimate of drug-likeness (QED) is 0.847. The number of hydrogen-bond donors (Lipinski definition) is 1. The molecule has 2 aromatic carbocycles. The molecule has 2 nitrogen and oxygen atoms in total. The van der Waals surface area contributed by atoms with Crippen LogP contribution in [0.4, 0.5) is 0 Å². The minimum atomic E-state index is 0.0782. The second kappa shape index (κ2) is 7.28. The van der Waals surface area contributed by atoms with Crippen molar-refractivity contribution in [2.24, 2.45) is 0 Å². The normalized spacial score (nSPS) is 12.4. The van der Waals surface area contributed by atoms with Crippen LogP contribution in [0.1, 0.15) is 49.3 Å². The first kappa shape index (κ1) is 15.6. The van der Waals surface area contributed by atoms with Crippen LogP contribution in [0.15, 0.2) is 48.5 Å². The van der Waals surface area contributed by atoms with Gasteiger partial charge in [-0.2, -0.15) is 0 Å². The number of aliphatic hydroxyl groups is 1. The van der Waals surface area contributed by atoms with Crippen LogP contribution in [0.25, 0.3) is 0 Å². The van der Waals surface area contributed by atoms with E-state index in [1.165, 1.54) is 5.56 Å². The van der Waals surface area contributed by atoms with Crippen molar-refractivity contribution >= 4 is 0 Å². The lowest BCUT2D eigenvalue weighted by atomic mass is 9.93. The third-order valence-corrected chi connectivity index (χ3v) is 3.73. The smallest absolute Gasteiger partial charge is 0.126 e. The Kier molecular flexibility index (Phi) is 5.40. The van der Waals surface area contributed by atoms with Gasteiger partial charge >= 0.3 is 0 Å². The SMILES string of the molecule is CC(C)c1cccc(C(C)CO)c1OCc1ccccc1. The van der Waals surface area contributed by atoms with E-state index in [9.17, 15) is 5.11 Å². The molecule has 0 radical (unpaired) electrons. The van der Waals surface area contributed by atoms with Gasteiger partial charge in [0.1, 0.15) is 12.4 Å². The number of ether oxygens (including phenoxy) is 1. The highest BCUT2D eigenvalue weighted by Crippen LogP contribution is 2.35. The van der Waals surface area contributed by atoms with Gasteiger partial charge in [0.2, 0.25) is 0 Å². The van der Waals surface area contributed by atoms with Crippen molar-refractivity contribution in [1.29, 1.82) is 0 Å². The highest BCUT2D eigenvalue weighted by atomic mass is 16.5. The summed E-state index contributed by atoms with van der Waals surface area (Å²) in [5.41, 5.74) is 3.43. The van der Waals surface area contributed by atoms with Gasteiger partial charge in [-0.3, -0.25) is 0 Å². The van der Waals surface area contributed by atoms with Gasteiger partial charge in [-0.1, -0.05) is 69.3 Å². The molecular weight excluding hydrogens is 260 g/mol. The largest absolute Gasteiger partial charge is 0.488 e. The van der Waals surface area contributed by atoms with Crippen molar-refractivity contribution in [3.05, 3.63) is 65.2 Å². The summed E-state index contributed by atoms with van der Waals surface area (Å²) < 4.78 is 6.13. The first-order valence-corrected chi connectivity index (χ1v) is 7.53. The van der Waals surface area contributed by atoms with Gasteiger partial charge < -0.3 is 9.84 Å². The van der Waals surface area contributed by atoms with Gasteiger partial charge in [-0.25, -0.2) is 0 Å². The molecule has 0 fully saturated rings. The maximum atomic E-state index is 9.47. The first-order valence-electron chi connectivity index (χ1n) is 7.53. The lowest BCUT2D eigenvalue weighted by Crippen LogP contribution is -2.07. The molecule has 0 amide bonds. The topological polar surface area (TPSA) is 29.5 Å². The second-order valence-electron chi connectivity index (χ2n) is 5.78. The Bertz CT molecular complexity index is 561. The fraction of sp³-hybridized carbons (Fsp3) is 0.368. The van der Waals surface area contributed by atoms with Crippen molar-refractivity contribution < 1.29 is 9.84 Å². The zero-order chi connectivity index (χ0) is 15.2.